The Bertz CT molecular complexity index is 418. The molecule has 4 heteroatoms. The van der Waals surface area contributed by atoms with Gasteiger partial charge in [0.05, 0.1) is 11.4 Å². The summed E-state index contributed by atoms with van der Waals surface area (Å²) in [5, 5.41) is 0. The number of hydrogen-bond acceptors (Lipinski definition) is 3. The maximum absolute atomic E-state index is 5.70. The molecule has 100 valence electrons. The number of aromatic nitrogens is 2. The van der Waals surface area contributed by atoms with Gasteiger partial charge in [-0.2, -0.15) is 0 Å². The molecule has 1 fully saturated rings. The van der Waals surface area contributed by atoms with Crippen molar-refractivity contribution in [2.24, 2.45) is 5.73 Å². The lowest BCUT2D eigenvalue weighted by atomic mass is 10.1. The molecule has 0 atom stereocenters. The summed E-state index contributed by atoms with van der Waals surface area (Å²) in [7, 11) is 0. The molecule has 1 aromatic rings. The summed E-state index contributed by atoms with van der Waals surface area (Å²) in [5.74, 6) is 1.17. The predicted octanol–water partition coefficient (Wildman–Crippen LogP) is 1.45. The lowest BCUT2D eigenvalue weighted by Gasteiger charge is -2.33. The van der Waals surface area contributed by atoms with Gasteiger partial charge in [-0.1, -0.05) is 12.8 Å². The fourth-order valence-electron chi connectivity index (χ4n) is 3.56. The standard InChI is InChI=1S/C14H24N4/c1-11-16-13(6-7-15)14-10-17(8-9-18(11)14)12-4-2-3-5-12/h12H,2-10,15H2,1H3. The molecule has 1 saturated carbocycles. The highest BCUT2D eigenvalue weighted by molar-refractivity contribution is 5.19. The first-order valence-corrected chi connectivity index (χ1v) is 7.28. The summed E-state index contributed by atoms with van der Waals surface area (Å²) in [6.45, 7) is 6.20. The summed E-state index contributed by atoms with van der Waals surface area (Å²) in [6.07, 6.45) is 6.52. The highest BCUT2D eigenvalue weighted by Crippen LogP contribution is 2.28. The van der Waals surface area contributed by atoms with Crippen molar-refractivity contribution in [1.29, 1.82) is 0 Å². The molecule has 0 spiro atoms. The number of aryl methyl sites for hydroxylation is 1. The van der Waals surface area contributed by atoms with E-state index < -0.39 is 0 Å². The number of imidazole rings is 1. The van der Waals surface area contributed by atoms with Crippen LogP contribution in [0.15, 0.2) is 0 Å². The molecule has 2 N–H and O–H groups in total. The highest BCUT2D eigenvalue weighted by Gasteiger charge is 2.28. The number of nitrogens with two attached hydrogens (primary N) is 1. The molecular weight excluding hydrogens is 224 g/mol. The normalized spacial score (nSPS) is 21.4. The van der Waals surface area contributed by atoms with E-state index in [-0.39, 0.29) is 0 Å². The van der Waals surface area contributed by atoms with Crippen molar-refractivity contribution in [3.05, 3.63) is 17.2 Å². The smallest absolute Gasteiger partial charge is 0.106 e. The van der Waals surface area contributed by atoms with Gasteiger partial charge < -0.3 is 10.3 Å². The van der Waals surface area contributed by atoms with Gasteiger partial charge in [0.2, 0.25) is 0 Å². The average molecular weight is 248 g/mol. The zero-order chi connectivity index (χ0) is 12.5. The molecule has 2 heterocycles. The molecule has 1 aliphatic carbocycles. The third kappa shape index (κ3) is 2.08. The predicted molar refractivity (Wildman–Crippen MR) is 72.4 cm³/mol. The van der Waals surface area contributed by atoms with E-state index in [9.17, 15) is 0 Å². The van der Waals surface area contributed by atoms with Crippen LogP contribution in [0.2, 0.25) is 0 Å². The van der Waals surface area contributed by atoms with Crippen molar-refractivity contribution < 1.29 is 0 Å². The Kier molecular flexibility index (Phi) is 3.39. The Balaban J connectivity index is 1.81. The van der Waals surface area contributed by atoms with Crippen LogP contribution in [0.1, 0.15) is 42.9 Å². The maximum atomic E-state index is 5.70. The van der Waals surface area contributed by atoms with Crippen molar-refractivity contribution in [2.45, 2.75) is 58.2 Å². The van der Waals surface area contributed by atoms with Crippen LogP contribution in [0.5, 0.6) is 0 Å². The molecule has 0 bridgehead atoms. The fourth-order valence-corrected chi connectivity index (χ4v) is 3.56. The molecule has 4 nitrogen and oxygen atoms in total. The molecule has 0 unspecified atom stereocenters. The summed E-state index contributed by atoms with van der Waals surface area (Å²) in [4.78, 5) is 7.37. The molecule has 1 aromatic heterocycles. The van der Waals surface area contributed by atoms with Crippen LogP contribution < -0.4 is 5.73 Å². The van der Waals surface area contributed by atoms with E-state index in [1.165, 1.54) is 49.4 Å². The van der Waals surface area contributed by atoms with Crippen LogP contribution in [0.4, 0.5) is 0 Å². The highest BCUT2D eigenvalue weighted by atomic mass is 15.2. The first-order chi connectivity index (χ1) is 8.79. The Labute approximate surface area is 109 Å². The molecule has 1 aliphatic heterocycles. The maximum Gasteiger partial charge on any atom is 0.106 e. The monoisotopic (exact) mass is 248 g/mol. The van der Waals surface area contributed by atoms with Gasteiger partial charge >= 0.3 is 0 Å². The van der Waals surface area contributed by atoms with Gasteiger partial charge in [0, 0.05) is 32.1 Å². The van der Waals surface area contributed by atoms with Crippen molar-refractivity contribution in [3.8, 4) is 0 Å². The van der Waals surface area contributed by atoms with Crippen LogP contribution in [-0.4, -0.2) is 33.6 Å². The first kappa shape index (κ1) is 12.2. The minimum atomic E-state index is 0.701. The Morgan fingerprint density at radius 2 is 2.06 bits per heavy atom. The van der Waals surface area contributed by atoms with E-state index in [2.05, 4.69) is 16.4 Å². The van der Waals surface area contributed by atoms with Gasteiger partial charge in [0.15, 0.2) is 0 Å². The Morgan fingerprint density at radius 3 is 2.78 bits per heavy atom. The molecule has 0 saturated heterocycles. The second-order valence-corrected chi connectivity index (χ2v) is 5.65. The Morgan fingerprint density at radius 1 is 1.28 bits per heavy atom. The summed E-state index contributed by atoms with van der Waals surface area (Å²) < 4.78 is 2.40. The van der Waals surface area contributed by atoms with Crippen LogP contribution in [0.25, 0.3) is 0 Å². The summed E-state index contributed by atoms with van der Waals surface area (Å²) in [6, 6.07) is 0.819. The number of hydrogen-bond donors (Lipinski definition) is 1. The van der Waals surface area contributed by atoms with Crippen LogP contribution in [0.3, 0.4) is 0 Å². The van der Waals surface area contributed by atoms with Crippen molar-refractivity contribution in [1.82, 2.24) is 14.5 Å². The van der Waals surface area contributed by atoms with Gasteiger partial charge in [0.1, 0.15) is 5.82 Å². The van der Waals surface area contributed by atoms with E-state index in [1.54, 1.807) is 0 Å². The minimum absolute atomic E-state index is 0.701. The van der Waals surface area contributed by atoms with Crippen LogP contribution >= 0.6 is 0 Å². The molecule has 0 radical (unpaired) electrons. The van der Waals surface area contributed by atoms with Gasteiger partial charge in [-0.25, -0.2) is 4.98 Å². The average Bonchev–Trinajstić information content (AvgIpc) is 2.99. The van der Waals surface area contributed by atoms with E-state index in [0.717, 1.165) is 25.6 Å². The zero-order valence-electron chi connectivity index (χ0n) is 11.4. The molecule has 0 aromatic carbocycles. The van der Waals surface area contributed by atoms with Crippen LogP contribution in [-0.2, 0) is 19.5 Å². The van der Waals surface area contributed by atoms with Crippen molar-refractivity contribution in [2.75, 3.05) is 13.1 Å². The van der Waals surface area contributed by atoms with E-state index >= 15 is 0 Å². The first-order valence-electron chi connectivity index (χ1n) is 7.28. The third-order valence-electron chi connectivity index (χ3n) is 4.53. The van der Waals surface area contributed by atoms with Crippen molar-refractivity contribution >= 4 is 0 Å². The van der Waals surface area contributed by atoms with E-state index in [1.807, 2.05) is 0 Å². The van der Waals surface area contributed by atoms with Gasteiger partial charge in [-0.3, -0.25) is 4.90 Å². The second kappa shape index (κ2) is 5.02. The SMILES string of the molecule is Cc1nc(CCN)c2n1CCN(C1CCCC1)C2. The van der Waals surface area contributed by atoms with Gasteiger partial charge in [0.25, 0.3) is 0 Å². The molecule has 18 heavy (non-hydrogen) atoms. The minimum Gasteiger partial charge on any atom is -0.330 e. The van der Waals surface area contributed by atoms with E-state index in [0.29, 0.717) is 6.54 Å². The summed E-state index contributed by atoms with van der Waals surface area (Å²) >= 11 is 0. The molecule has 3 rings (SSSR count). The topological polar surface area (TPSA) is 47.1 Å². The number of rotatable bonds is 3. The lowest BCUT2D eigenvalue weighted by molar-refractivity contribution is 0.156. The Hall–Kier alpha value is -0.870. The zero-order valence-corrected chi connectivity index (χ0v) is 11.4. The largest absolute Gasteiger partial charge is 0.330 e. The number of fused-ring (bicyclic) bond motifs is 1. The quantitative estimate of drug-likeness (QED) is 0.880. The van der Waals surface area contributed by atoms with Gasteiger partial charge in [-0.15, -0.1) is 0 Å². The molecule has 2 aliphatic rings. The number of nitrogens with zero attached hydrogens (tertiary/aromatic N) is 3. The summed E-state index contributed by atoms with van der Waals surface area (Å²) in [5.41, 5.74) is 8.36. The molecular formula is C14H24N4. The fraction of sp³-hybridized carbons (Fsp3) is 0.786. The molecule has 0 amide bonds. The second-order valence-electron chi connectivity index (χ2n) is 5.65. The van der Waals surface area contributed by atoms with Crippen LogP contribution in [0, 0.1) is 6.92 Å². The van der Waals surface area contributed by atoms with Crippen molar-refractivity contribution in [3.63, 3.8) is 0 Å². The van der Waals surface area contributed by atoms with Gasteiger partial charge in [-0.05, 0) is 26.3 Å². The van der Waals surface area contributed by atoms with E-state index in [4.69, 9.17) is 10.7 Å². The third-order valence-corrected chi connectivity index (χ3v) is 4.53. The lowest BCUT2D eigenvalue weighted by Crippen LogP contribution is -2.40.